The van der Waals surface area contributed by atoms with Gasteiger partial charge in [-0.3, -0.25) is 0 Å². The van der Waals surface area contributed by atoms with E-state index < -0.39 is 0 Å². The molecule has 3 rings (SSSR count). The summed E-state index contributed by atoms with van der Waals surface area (Å²) in [4.78, 5) is 0. The second-order valence-corrected chi connectivity index (χ2v) is 6.16. The van der Waals surface area contributed by atoms with Crippen LogP contribution in [0.1, 0.15) is 56.2 Å². The maximum Gasteiger partial charge on any atom is 0.119 e. The van der Waals surface area contributed by atoms with Gasteiger partial charge < -0.3 is 14.8 Å². The normalized spacial score (nSPS) is 25.4. The van der Waals surface area contributed by atoms with Crippen molar-refractivity contribution in [3.05, 3.63) is 29.3 Å². The molecule has 2 unspecified atom stereocenters. The smallest absolute Gasteiger partial charge is 0.119 e. The van der Waals surface area contributed by atoms with Crippen molar-refractivity contribution >= 4 is 0 Å². The second-order valence-electron chi connectivity index (χ2n) is 6.16. The minimum atomic E-state index is 0.282. The molecule has 0 bridgehead atoms. The van der Waals surface area contributed by atoms with E-state index in [1.54, 1.807) is 0 Å². The molecule has 1 fully saturated rings. The zero-order valence-electron chi connectivity index (χ0n) is 13.1. The van der Waals surface area contributed by atoms with Crippen LogP contribution in [-0.2, 0) is 11.2 Å². The Morgan fingerprint density at radius 1 is 1.24 bits per heavy atom. The molecular formula is C18H27NO2. The minimum absolute atomic E-state index is 0.282. The third-order valence-electron chi connectivity index (χ3n) is 4.59. The number of hydrogen-bond donors (Lipinski definition) is 1. The predicted molar refractivity (Wildman–Crippen MR) is 84.9 cm³/mol. The van der Waals surface area contributed by atoms with E-state index in [1.807, 2.05) is 0 Å². The summed E-state index contributed by atoms with van der Waals surface area (Å²) in [5.74, 6) is 1.00. The first kappa shape index (κ1) is 14.9. The first-order valence-corrected chi connectivity index (χ1v) is 8.47. The van der Waals surface area contributed by atoms with Crippen molar-refractivity contribution in [2.75, 3.05) is 19.8 Å². The summed E-state index contributed by atoms with van der Waals surface area (Å²) in [5.41, 5.74) is 2.92. The highest BCUT2D eigenvalue weighted by atomic mass is 16.5. The van der Waals surface area contributed by atoms with Gasteiger partial charge in [0.05, 0.1) is 6.10 Å². The summed E-state index contributed by atoms with van der Waals surface area (Å²) < 4.78 is 11.7. The summed E-state index contributed by atoms with van der Waals surface area (Å²) in [6, 6.07) is 7.13. The van der Waals surface area contributed by atoms with Crippen molar-refractivity contribution < 1.29 is 9.47 Å². The molecule has 3 nitrogen and oxygen atoms in total. The van der Waals surface area contributed by atoms with Crippen molar-refractivity contribution in [1.82, 2.24) is 5.32 Å². The van der Waals surface area contributed by atoms with Crippen molar-refractivity contribution in [1.29, 1.82) is 0 Å². The molecule has 0 radical (unpaired) electrons. The monoisotopic (exact) mass is 289 g/mol. The Balaban J connectivity index is 1.62. The predicted octanol–water partition coefficient (Wildman–Crippen LogP) is 3.62. The van der Waals surface area contributed by atoms with Gasteiger partial charge in [-0.2, -0.15) is 0 Å². The standard InChI is InChI=1S/C18H27NO2/c1-2-19-18-8-5-6-14-12-15(9-10-17(14)18)21-13-16-7-3-4-11-20-16/h9-10,12,16,18-19H,2-8,11,13H2,1H3. The summed E-state index contributed by atoms with van der Waals surface area (Å²) in [7, 11) is 0. The Bertz CT molecular complexity index is 455. The van der Waals surface area contributed by atoms with Crippen LogP contribution in [0, 0.1) is 0 Å². The SMILES string of the molecule is CCNC1CCCc2cc(OCC3CCCCO3)ccc21. The first-order valence-electron chi connectivity index (χ1n) is 8.47. The summed E-state index contributed by atoms with van der Waals surface area (Å²) in [6.07, 6.45) is 7.56. The Kier molecular flexibility index (Phi) is 5.15. The van der Waals surface area contributed by atoms with Crippen LogP contribution in [0.5, 0.6) is 5.75 Å². The highest BCUT2D eigenvalue weighted by molar-refractivity contribution is 5.39. The van der Waals surface area contributed by atoms with E-state index in [0.29, 0.717) is 12.6 Å². The van der Waals surface area contributed by atoms with Gasteiger partial charge in [-0.05, 0) is 68.3 Å². The highest BCUT2D eigenvalue weighted by Gasteiger charge is 2.20. The molecule has 0 aromatic heterocycles. The number of nitrogens with one attached hydrogen (secondary N) is 1. The molecule has 0 spiro atoms. The van der Waals surface area contributed by atoms with E-state index in [-0.39, 0.29) is 6.10 Å². The molecule has 21 heavy (non-hydrogen) atoms. The zero-order chi connectivity index (χ0) is 14.5. The average Bonchev–Trinajstić information content (AvgIpc) is 2.54. The highest BCUT2D eigenvalue weighted by Crippen LogP contribution is 2.32. The van der Waals surface area contributed by atoms with Crippen LogP contribution in [0.2, 0.25) is 0 Å². The van der Waals surface area contributed by atoms with E-state index in [1.165, 1.54) is 43.2 Å². The lowest BCUT2D eigenvalue weighted by Crippen LogP contribution is -2.26. The molecule has 1 heterocycles. The lowest BCUT2D eigenvalue weighted by Gasteiger charge is -2.27. The minimum Gasteiger partial charge on any atom is -0.491 e. The van der Waals surface area contributed by atoms with Crippen LogP contribution < -0.4 is 10.1 Å². The van der Waals surface area contributed by atoms with Crippen LogP contribution in [0.3, 0.4) is 0 Å². The van der Waals surface area contributed by atoms with Crippen LogP contribution >= 0.6 is 0 Å². The van der Waals surface area contributed by atoms with Crippen LogP contribution in [0.15, 0.2) is 18.2 Å². The second kappa shape index (κ2) is 7.28. The van der Waals surface area contributed by atoms with Gasteiger partial charge >= 0.3 is 0 Å². The van der Waals surface area contributed by atoms with E-state index in [9.17, 15) is 0 Å². The molecule has 1 aliphatic heterocycles. The largest absolute Gasteiger partial charge is 0.491 e. The fourth-order valence-electron chi connectivity index (χ4n) is 3.47. The summed E-state index contributed by atoms with van der Waals surface area (Å²) in [5, 5.41) is 3.58. The average molecular weight is 289 g/mol. The van der Waals surface area contributed by atoms with Crippen LogP contribution in [-0.4, -0.2) is 25.9 Å². The van der Waals surface area contributed by atoms with Gasteiger partial charge in [0.2, 0.25) is 0 Å². The van der Waals surface area contributed by atoms with Gasteiger partial charge in [0.1, 0.15) is 12.4 Å². The van der Waals surface area contributed by atoms with Gasteiger partial charge in [0.15, 0.2) is 0 Å². The van der Waals surface area contributed by atoms with E-state index in [0.717, 1.165) is 25.3 Å². The molecule has 1 aliphatic carbocycles. The number of aryl methyl sites for hydroxylation is 1. The number of rotatable bonds is 5. The molecule has 3 heteroatoms. The van der Waals surface area contributed by atoms with Crippen LogP contribution in [0.25, 0.3) is 0 Å². The molecule has 2 aliphatic rings. The van der Waals surface area contributed by atoms with E-state index in [4.69, 9.17) is 9.47 Å². The number of fused-ring (bicyclic) bond motifs is 1. The molecular weight excluding hydrogens is 262 g/mol. The molecule has 1 saturated heterocycles. The van der Waals surface area contributed by atoms with Gasteiger partial charge in [-0.1, -0.05) is 13.0 Å². The summed E-state index contributed by atoms with van der Waals surface area (Å²) >= 11 is 0. The number of ether oxygens (including phenoxy) is 2. The molecule has 1 N–H and O–H groups in total. The fraction of sp³-hybridized carbons (Fsp3) is 0.667. The third kappa shape index (κ3) is 3.78. The third-order valence-corrected chi connectivity index (χ3v) is 4.59. The lowest BCUT2D eigenvalue weighted by atomic mass is 9.87. The molecule has 2 atom stereocenters. The van der Waals surface area contributed by atoms with E-state index >= 15 is 0 Å². The van der Waals surface area contributed by atoms with Gasteiger partial charge in [0, 0.05) is 12.6 Å². The molecule has 1 aromatic carbocycles. The molecule has 0 amide bonds. The number of hydrogen-bond acceptors (Lipinski definition) is 3. The first-order chi connectivity index (χ1) is 10.4. The van der Waals surface area contributed by atoms with Crippen molar-refractivity contribution in [2.45, 2.75) is 57.6 Å². The fourth-order valence-corrected chi connectivity index (χ4v) is 3.47. The van der Waals surface area contributed by atoms with Crippen molar-refractivity contribution in [2.24, 2.45) is 0 Å². The Morgan fingerprint density at radius 2 is 2.19 bits per heavy atom. The topological polar surface area (TPSA) is 30.5 Å². The summed E-state index contributed by atoms with van der Waals surface area (Å²) in [6.45, 7) is 4.79. The van der Waals surface area contributed by atoms with Gasteiger partial charge in [-0.15, -0.1) is 0 Å². The maximum atomic E-state index is 5.96. The molecule has 1 aromatic rings. The van der Waals surface area contributed by atoms with Crippen molar-refractivity contribution in [3.63, 3.8) is 0 Å². The van der Waals surface area contributed by atoms with E-state index in [2.05, 4.69) is 30.4 Å². The zero-order valence-corrected chi connectivity index (χ0v) is 13.1. The van der Waals surface area contributed by atoms with Gasteiger partial charge in [0.25, 0.3) is 0 Å². The quantitative estimate of drug-likeness (QED) is 0.898. The van der Waals surface area contributed by atoms with Crippen LogP contribution in [0.4, 0.5) is 0 Å². The van der Waals surface area contributed by atoms with Crippen molar-refractivity contribution in [3.8, 4) is 5.75 Å². The molecule has 0 saturated carbocycles. The Morgan fingerprint density at radius 3 is 3.00 bits per heavy atom. The van der Waals surface area contributed by atoms with Gasteiger partial charge in [-0.25, -0.2) is 0 Å². The molecule has 116 valence electrons. The Labute approximate surface area is 128 Å². The maximum absolute atomic E-state index is 5.96. The number of benzene rings is 1. The Hall–Kier alpha value is -1.06. The lowest BCUT2D eigenvalue weighted by molar-refractivity contribution is -0.0110.